The number of pyridine rings is 1. The van der Waals surface area contributed by atoms with Crippen molar-refractivity contribution >= 4 is 27.3 Å². The van der Waals surface area contributed by atoms with Gasteiger partial charge >= 0.3 is 0 Å². The lowest BCUT2D eigenvalue weighted by molar-refractivity contribution is 0.415. The van der Waals surface area contributed by atoms with E-state index >= 15 is 0 Å². The molecule has 0 N–H and O–H groups in total. The first-order valence-corrected chi connectivity index (χ1v) is 12.0. The molecular formula is C30H34N2O. The number of hydrogen-bond acceptors (Lipinski definition) is 2. The summed E-state index contributed by atoms with van der Waals surface area (Å²) >= 11 is 0. The number of ether oxygens (including phenoxy) is 1. The molecule has 0 aliphatic heterocycles. The lowest BCUT2D eigenvalue weighted by Crippen LogP contribution is -2.02. The number of nitrogens with zero attached hydrogens (tertiary/aromatic N) is 2. The molecule has 5 aromatic rings. The predicted molar refractivity (Wildman–Crippen MR) is 142 cm³/mol. The van der Waals surface area contributed by atoms with Gasteiger partial charge in [0.15, 0.2) is 0 Å². The van der Waals surface area contributed by atoms with Crippen LogP contribution in [0.2, 0.25) is 0 Å². The van der Waals surface area contributed by atoms with E-state index in [2.05, 4.69) is 86.7 Å². The zero-order valence-corrected chi connectivity index (χ0v) is 20.8. The van der Waals surface area contributed by atoms with Crippen LogP contribution in [0.15, 0.2) is 66.9 Å². The summed E-state index contributed by atoms with van der Waals surface area (Å²) in [6.45, 7) is 13.1. The van der Waals surface area contributed by atoms with Gasteiger partial charge in [-0.05, 0) is 52.6 Å². The first-order valence-electron chi connectivity index (χ1n) is 12.0. The van der Waals surface area contributed by atoms with Gasteiger partial charge in [-0.25, -0.2) is 4.98 Å². The van der Waals surface area contributed by atoms with Crippen LogP contribution < -0.4 is 4.74 Å². The summed E-state index contributed by atoms with van der Waals surface area (Å²) in [6.07, 6.45) is 2.05. The van der Waals surface area contributed by atoms with Crippen molar-refractivity contribution in [2.45, 2.75) is 53.4 Å². The normalized spacial score (nSPS) is 11.4. The van der Waals surface area contributed by atoms with Crippen LogP contribution in [0.4, 0.5) is 0 Å². The summed E-state index contributed by atoms with van der Waals surface area (Å²) < 4.78 is 7.88. The fraction of sp³-hybridized carbons (Fsp3) is 0.300. The van der Waals surface area contributed by atoms with E-state index in [-0.39, 0.29) is 0 Å². The van der Waals surface area contributed by atoms with E-state index in [9.17, 15) is 0 Å². The highest BCUT2D eigenvalue weighted by Gasteiger charge is 2.21. The Balaban J connectivity index is 0.00000126. The number of para-hydroxylation sites is 1. The van der Waals surface area contributed by atoms with E-state index in [1.807, 2.05) is 26.1 Å². The summed E-state index contributed by atoms with van der Waals surface area (Å²) in [7, 11) is 1.71. The summed E-state index contributed by atoms with van der Waals surface area (Å²) in [5, 5.41) is 3.53. The largest absolute Gasteiger partial charge is 0.497 e. The van der Waals surface area contributed by atoms with Crippen LogP contribution in [0.25, 0.3) is 38.6 Å². The van der Waals surface area contributed by atoms with Crippen LogP contribution in [0.3, 0.4) is 0 Å². The Hall–Kier alpha value is -3.33. The van der Waals surface area contributed by atoms with Gasteiger partial charge in [0.1, 0.15) is 11.4 Å². The van der Waals surface area contributed by atoms with Crippen LogP contribution >= 0.6 is 0 Å². The highest BCUT2D eigenvalue weighted by Crippen LogP contribution is 2.40. The first kappa shape index (κ1) is 22.8. The van der Waals surface area contributed by atoms with Crippen LogP contribution in [-0.4, -0.2) is 16.5 Å². The molecule has 5 rings (SSSR count). The van der Waals surface area contributed by atoms with Gasteiger partial charge in [-0.15, -0.1) is 0 Å². The van der Waals surface area contributed by atoms with Crippen molar-refractivity contribution in [3.05, 3.63) is 78.0 Å². The summed E-state index contributed by atoms with van der Waals surface area (Å²) in [4.78, 5) is 4.96. The molecule has 33 heavy (non-hydrogen) atoms. The Labute approximate surface area is 197 Å². The maximum Gasteiger partial charge on any atom is 0.145 e. The van der Waals surface area contributed by atoms with E-state index < -0.39 is 0 Å². The van der Waals surface area contributed by atoms with Gasteiger partial charge < -0.3 is 4.74 Å². The molecule has 0 spiro atoms. The molecule has 0 saturated carbocycles. The highest BCUT2D eigenvalue weighted by molar-refractivity contribution is 6.12. The van der Waals surface area contributed by atoms with Crippen molar-refractivity contribution < 1.29 is 4.74 Å². The number of hydrogen-bond donors (Lipinski definition) is 0. The number of aromatic nitrogens is 2. The van der Waals surface area contributed by atoms with Gasteiger partial charge in [-0.1, -0.05) is 77.9 Å². The molecule has 170 valence electrons. The van der Waals surface area contributed by atoms with Gasteiger partial charge in [0.25, 0.3) is 0 Å². The molecule has 3 aromatic carbocycles. The lowest BCUT2D eigenvalue weighted by atomic mass is 9.87. The highest BCUT2D eigenvalue weighted by atomic mass is 16.5. The number of fused-ring (bicyclic) bond motifs is 6. The molecular weight excluding hydrogens is 404 g/mol. The zero-order valence-electron chi connectivity index (χ0n) is 20.8. The predicted octanol–water partition coefficient (Wildman–Crippen LogP) is 8.59. The summed E-state index contributed by atoms with van der Waals surface area (Å²) in [6, 6.07) is 21.6. The fourth-order valence-corrected chi connectivity index (χ4v) is 4.78. The molecule has 0 aliphatic rings. The van der Waals surface area contributed by atoms with E-state index in [1.165, 1.54) is 33.0 Å². The second-order valence-electron chi connectivity index (χ2n) is 8.85. The molecule has 3 heteroatoms. The maximum absolute atomic E-state index is 5.54. The second kappa shape index (κ2) is 9.27. The number of imidazole rings is 1. The van der Waals surface area contributed by atoms with Crippen molar-refractivity contribution in [2.24, 2.45) is 0 Å². The molecule has 2 aromatic heterocycles. The molecule has 0 amide bonds. The smallest absolute Gasteiger partial charge is 0.145 e. The molecule has 0 fully saturated rings. The fourth-order valence-electron chi connectivity index (χ4n) is 4.78. The number of benzene rings is 3. The third-order valence-corrected chi connectivity index (χ3v) is 6.29. The Morgan fingerprint density at radius 2 is 1.42 bits per heavy atom. The quantitative estimate of drug-likeness (QED) is 0.263. The van der Waals surface area contributed by atoms with Gasteiger partial charge in [-0.2, -0.15) is 0 Å². The molecule has 0 radical (unpaired) electrons. The molecule has 0 unspecified atom stereocenters. The third-order valence-electron chi connectivity index (χ3n) is 6.29. The van der Waals surface area contributed by atoms with Crippen molar-refractivity contribution in [3.63, 3.8) is 0 Å². The minimum absolute atomic E-state index is 0.422. The van der Waals surface area contributed by atoms with Crippen molar-refractivity contribution in [1.29, 1.82) is 0 Å². The molecule has 2 heterocycles. The SMILES string of the molecule is CC.COc1ccc2c3ccccc3n3c(-c4c(C(C)C)cccc4C(C)C)cnc3c2c1. The minimum Gasteiger partial charge on any atom is -0.497 e. The van der Waals surface area contributed by atoms with Gasteiger partial charge in [0, 0.05) is 16.3 Å². The second-order valence-corrected chi connectivity index (χ2v) is 8.85. The molecule has 0 aliphatic carbocycles. The average Bonchev–Trinajstić information content (AvgIpc) is 3.30. The van der Waals surface area contributed by atoms with Crippen LogP contribution in [0, 0.1) is 0 Å². The van der Waals surface area contributed by atoms with Gasteiger partial charge in [0.05, 0.1) is 24.5 Å². The minimum atomic E-state index is 0.422. The third kappa shape index (κ3) is 3.76. The van der Waals surface area contributed by atoms with E-state index in [0.29, 0.717) is 11.8 Å². The molecule has 0 saturated heterocycles. The summed E-state index contributed by atoms with van der Waals surface area (Å²) in [5.41, 5.74) is 7.34. The average molecular weight is 439 g/mol. The standard InChI is InChI=1S/C28H28N2O.C2H6/c1-17(2)20-10-8-11-21(18(3)4)27(20)26-16-29-28-24-15-19(31-5)13-14-22(24)23-9-6-7-12-25(23)30(26)28;1-2/h6-18H,1-5H3;1-2H3. The Kier molecular flexibility index (Phi) is 6.42. The summed E-state index contributed by atoms with van der Waals surface area (Å²) in [5.74, 6) is 1.69. The monoisotopic (exact) mass is 438 g/mol. The van der Waals surface area contributed by atoms with Crippen LogP contribution in [-0.2, 0) is 0 Å². The molecule has 3 nitrogen and oxygen atoms in total. The van der Waals surface area contributed by atoms with Crippen LogP contribution in [0.1, 0.15) is 64.5 Å². The van der Waals surface area contributed by atoms with Crippen molar-refractivity contribution in [2.75, 3.05) is 7.11 Å². The van der Waals surface area contributed by atoms with E-state index in [1.54, 1.807) is 7.11 Å². The Bertz CT molecular complexity index is 1400. The number of methoxy groups -OCH3 is 1. The topological polar surface area (TPSA) is 26.5 Å². The van der Waals surface area contributed by atoms with E-state index in [0.717, 1.165) is 22.5 Å². The first-order chi connectivity index (χ1) is 16.0. The molecule has 0 bridgehead atoms. The molecule has 0 atom stereocenters. The van der Waals surface area contributed by atoms with Crippen molar-refractivity contribution in [1.82, 2.24) is 9.38 Å². The van der Waals surface area contributed by atoms with Gasteiger partial charge in [-0.3, -0.25) is 4.40 Å². The van der Waals surface area contributed by atoms with Gasteiger partial charge in [0.2, 0.25) is 0 Å². The Morgan fingerprint density at radius 3 is 2.06 bits per heavy atom. The lowest BCUT2D eigenvalue weighted by Gasteiger charge is -2.20. The zero-order chi connectivity index (χ0) is 23.7. The van der Waals surface area contributed by atoms with Crippen LogP contribution in [0.5, 0.6) is 5.75 Å². The number of rotatable bonds is 4. The Morgan fingerprint density at radius 1 is 0.758 bits per heavy atom. The van der Waals surface area contributed by atoms with Crippen molar-refractivity contribution in [3.8, 4) is 17.0 Å². The van der Waals surface area contributed by atoms with E-state index in [4.69, 9.17) is 9.72 Å². The maximum atomic E-state index is 5.54.